The average molecular weight is 382 g/mol. The molecule has 1 aliphatic heterocycles. The van der Waals surface area contributed by atoms with E-state index in [9.17, 15) is 14.4 Å². The van der Waals surface area contributed by atoms with Gasteiger partial charge in [-0.25, -0.2) is 0 Å². The molecule has 1 unspecified atom stereocenters. The highest BCUT2D eigenvalue weighted by atomic mass is 32.2. The van der Waals surface area contributed by atoms with Crippen LogP contribution >= 0.6 is 11.8 Å². The minimum Gasteiger partial charge on any atom is -0.468 e. The van der Waals surface area contributed by atoms with Crippen molar-refractivity contribution in [2.45, 2.75) is 5.25 Å². The van der Waals surface area contributed by atoms with Crippen LogP contribution < -0.4 is 0 Å². The third kappa shape index (κ3) is 3.80. The number of fused-ring (bicyclic) bond motifs is 1. The quantitative estimate of drug-likeness (QED) is 0.447. The van der Waals surface area contributed by atoms with E-state index >= 15 is 0 Å². The predicted molar refractivity (Wildman–Crippen MR) is 103 cm³/mol. The number of esters is 2. The number of benzene rings is 2. The van der Waals surface area contributed by atoms with Crippen LogP contribution in [0.2, 0.25) is 0 Å². The first kappa shape index (κ1) is 18.9. The zero-order valence-corrected chi connectivity index (χ0v) is 15.7. The number of hydrogen-bond donors (Lipinski definition) is 0. The molecule has 0 radical (unpaired) electrons. The molecule has 5 nitrogen and oxygen atoms in total. The molecule has 0 N–H and O–H groups in total. The molecule has 0 fully saturated rings. The van der Waals surface area contributed by atoms with Crippen molar-refractivity contribution in [3.8, 4) is 0 Å². The highest BCUT2D eigenvalue weighted by Gasteiger charge is 2.41. The third-order valence-electron chi connectivity index (χ3n) is 4.32. The number of ketones is 1. The minimum atomic E-state index is -1.17. The summed E-state index contributed by atoms with van der Waals surface area (Å²) in [5, 5.41) is -0.617. The lowest BCUT2D eigenvalue weighted by Crippen LogP contribution is -2.32. The fraction of sp³-hybridized carbons (Fsp3) is 0.190. The van der Waals surface area contributed by atoms with E-state index in [4.69, 9.17) is 9.47 Å². The zero-order chi connectivity index (χ0) is 19.4. The molecule has 2 aromatic carbocycles. The molecular formula is C21H18O5S. The highest BCUT2D eigenvalue weighted by Crippen LogP contribution is 2.48. The van der Waals surface area contributed by atoms with Crippen molar-refractivity contribution >= 4 is 35.6 Å². The van der Waals surface area contributed by atoms with Gasteiger partial charge in [-0.15, -0.1) is 11.8 Å². The number of allylic oxidation sites excluding steroid dienone is 1. The molecule has 1 heterocycles. The fourth-order valence-electron chi connectivity index (χ4n) is 2.97. The van der Waals surface area contributed by atoms with E-state index in [0.29, 0.717) is 10.5 Å². The summed E-state index contributed by atoms with van der Waals surface area (Å²) in [5.41, 5.74) is 2.12. The summed E-state index contributed by atoms with van der Waals surface area (Å²) in [7, 11) is 2.45. The second kappa shape index (κ2) is 8.22. The maximum atomic E-state index is 12.9. The maximum absolute atomic E-state index is 12.9. The first-order valence-corrected chi connectivity index (χ1v) is 9.17. The van der Waals surface area contributed by atoms with E-state index in [2.05, 4.69) is 0 Å². The van der Waals surface area contributed by atoms with E-state index in [0.717, 1.165) is 11.1 Å². The van der Waals surface area contributed by atoms with E-state index in [-0.39, 0.29) is 5.78 Å². The number of carbonyl (C=O) groups is 3. The summed E-state index contributed by atoms with van der Waals surface area (Å²) in [6.07, 6.45) is 1.79. The van der Waals surface area contributed by atoms with Crippen LogP contribution in [0.4, 0.5) is 0 Å². The van der Waals surface area contributed by atoms with Crippen molar-refractivity contribution in [2.75, 3.05) is 14.2 Å². The number of ether oxygens (including phenoxy) is 2. The number of Topliss-reactive ketones (excluding diaryl/α,β-unsaturated/α-hetero) is 1. The van der Waals surface area contributed by atoms with Gasteiger partial charge in [0, 0.05) is 5.56 Å². The van der Waals surface area contributed by atoms with Crippen LogP contribution in [-0.2, 0) is 19.1 Å². The second-order valence-electron chi connectivity index (χ2n) is 5.90. The summed E-state index contributed by atoms with van der Waals surface area (Å²) in [6.45, 7) is 0. The fourth-order valence-corrected chi connectivity index (χ4v) is 4.37. The smallest absolute Gasteiger partial charge is 0.321 e. The van der Waals surface area contributed by atoms with Gasteiger partial charge in [0.1, 0.15) is 0 Å². The average Bonchev–Trinajstić information content (AvgIpc) is 2.73. The molecule has 0 saturated carbocycles. The third-order valence-corrected chi connectivity index (χ3v) is 5.65. The van der Waals surface area contributed by atoms with Gasteiger partial charge in [-0.1, -0.05) is 54.6 Å². The van der Waals surface area contributed by atoms with Crippen LogP contribution in [-0.4, -0.2) is 31.9 Å². The van der Waals surface area contributed by atoms with Crippen molar-refractivity contribution in [1.82, 2.24) is 0 Å². The highest BCUT2D eigenvalue weighted by molar-refractivity contribution is 8.04. The first-order chi connectivity index (χ1) is 13.1. The molecule has 0 bridgehead atoms. The Morgan fingerprint density at radius 1 is 0.889 bits per heavy atom. The van der Waals surface area contributed by atoms with Crippen molar-refractivity contribution in [3.63, 3.8) is 0 Å². The summed E-state index contributed by atoms with van der Waals surface area (Å²) < 4.78 is 9.65. The van der Waals surface area contributed by atoms with Gasteiger partial charge in [0.15, 0.2) is 11.7 Å². The zero-order valence-electron chi connectivity index (χ0n) is 14.9. The van der Waals surface area contributed by atoms with Gasteiger partial charge in [-0.05, 0) is 17.2 Å². The van der Waals surface area contributed by atoms with E-state index in [1.54, 1.807) is 30.3 Å². The summed E-state index contributed by atoms with van der Waals surface area (Å²) >= 11 is 1.18. The van der Waals surface area contributed by atoms with Gasteiger partial charge in [0.2, 0.25) is 0 Å². The molecule has 27 heavy (non-hydrogen) atoms. The summed E-state index contributed by atoms with van der Waals surface area (Å²) in [6, 6.07) is 16.2. The van der Waals surface area contributed by atoms with E-state index in [1.165, 1.54) is 26.0 Å². The molecule has 0 saturated heterocycles. The molecule has 0 spiro atoms. The Balaban J connectivity index is 2.06. The Morgan fingerprint density at radius 3 is 2.11 bits per heavy atom. The Bertz CT molecular complexity index is 888. The van der Waals surface area contributed by atoms with Crippen LogP contribution in [0.5, 0.6) is 0 Å². The van der Waals surface area contributed by atoms with Crippen LogP contribution in [0, 0.1) is 5.92 Å². The first-order valence-electron chi connectivity index (χ1n) is 8.29. The Morgan fingerprint density at radius 2 is 1.48 bits per heavy atom. The van der Waals surface area contributed by atoms with Gasteiger partial charge in [0.25, 0.3) is 0 Å². The van der Waals surface area contributed by atoms with Crippen molar-refractivity contribution in [2.24, 2.45) is 5.92 Å². The molecule has 1 aliphatic rings. The molecule has 3 rings (SSSR count). The molecule has 6 heteroatoms. The minimum absolute atomic E-state index is 0.159. The number of carbonyl (C=O) groups excluding carboxylic acids is 3. The van der Waals surface area contributed by atoms with Crippen LogP contribution in [0.25, 0.3) is 6.08 Å². The number of hydrogen-bond acceptors (Lipinski definition) is 6. The Kier molecular flexibility index (Phi) is 5.76. The van der Waals surface area contributed by atoms with Gasteiger partial charge >= 0.3 is 11.9 Å². The van der Waals surface area contributed by atoms with Crippen LogP contribution in [0.1, 0.15) is 26.7 Å². The lowest BCUT2D eigenvalue weighted by Gasteiger charge is -2.28. The largest absolute Gasteiger partial charge is 0.468 e. The Labute approximate surface area is 161 Å². The predicted octanol–water partition coefficient (Wildman–Crippen LogP) is 3.66. The lowest BCUT2D eigenvalue weighted by atomic mass is 9.93. The van der Waals surface area contributed by atoms with Crippen molar-refractivity contribution in [3.05, 3.63) is 76.2 Å². The standard InChI is InChI=1S/C21H18O5S/c1-25-20(23)17(21(24)26-2)19-15-11-7-6-10-14(15)12-16(27-19)18(22)13-8-4-3-5-9-13/h3-12,17,19H,1-2H3. The number of rotatable bonds is 5. The topological polar surface area (TPSA) is 69.7 Å². The molecule has 0 amide bonds. The monoisotopic (exact) mass is 382 g/mol. The summed E-state index contributed by atoms with van der Waals surface area (Å²) in [4.78, 5) is 38.1. The van der Waals surface area contributed by atoms with Crippen LogP contribution in [0.15, 0.2) is 59.5 Å². The molecule has 2 aromatic rings. The van der Waals surface area contributed by atoms with Crippen LogP contribution in [0.3, 0.4) is 0 Å². The van der Waals surface area contributed by atoms with Crippen molar-refractivity contribution in [1.29, 1.82) is 0 Å². The maximum Gasteiger partial charge on any atom is 0.321 e. The van der Waals surface area contributed by atoms with Gasteiger partial charge in [-0.2, -0.15) is 0 Å². The van der Waals surface area contributed by atoms with Gasteiger partial charge in [-0.3, -0.25) is 14.4 Å². The molecule has 0 aromatic heterocycles. The molecular weight excluding hydrogens is 364 g/mol. The normalized spacial score (nSPS) is 15.5. The number of thioether (sulfide) groups is 1. The number of methoxy groups -OCH3 is 2. The Hall–Kier alpha value is -2.86. The molecule has 1 atom stereocenters. The molecule has 138 valence electrons. The van der Waals surface area contributed by atoms with E-state index in [1.807, 2.05) is 30.3 Å². The molecule has 0 aliphatic carbocycles. The second-order valence-corrected chi connectivity index (χ2v) is 7.08. The summed E-state index contributed by atoms with van der Waals surface area (Å²) in [5.74, 6) is -2.71. The van der Waals surface area contributed by atoms with Crippen molar-refractivity contribution < 1.29 is 23.9 Å². The van der Waals surface area contributed by atoms with E-state index < -0.39 is 23.1 Å². The van der Waals surface area contributed by atoms with Gasteiger partial charge in [0.05, 0.1) is 24.4 Å². The SMILES string of the molecule is COC(=O)C(C(=O)OC)C1SC(C(=O)c2ccccc2)=Cc2ccccc21. The van der Waals surface area contributed by atoms with Gasteiger partial charge < -0.3 is 9.47 Å². The lowest BCUT2D eigenvalue weighted by molar-refractivity contribution is -0.158.